The fraction of sp³-hybridized carbons (Fsp3) is 0.368. The number of rotatable bonds is 6. The second kappa shape index (κ2) is 7.63. The number of benzene rings is 2. The summed E-state index contributed by atoms with van der Waals surface area (Å²) in [5, 5.41) is 0. The molecule has 1 fully saturated rings. The van der Waals surface area contributed by atoms with Crippen molar-refractivity contribution in [3.63, 3.8) is 0 Å². The van der Waals surface area contributed by atoms with Crippen molar-refractivity contribution in [1.29, 1.82) is 0 Å². The monoisotopic (exact) mass is 424 g/mol. The fourth-order valence-corrected chi connectivity index (χ4v) is 6.08. The van der Waals surface area contributed by atoms with Gasteiger partial charge in [0.1, 0.15) is 5.75 Å². The molecule has 9 heteroatoms. The smallest absolute Gasteiger partial charge is 0.261 e. The number of nitrogens with one attached hydrogen (secondary N) is 1. The zero-order valence-electron chi connectivity index (χ0n) is 16.1. The Hall–Kier alpha value is -2.26. The Morgan fingerprint density at radius 2 is 1.82 bits per heavy atom. The molecule has 2 aromatic rings. The van der Waals surface area contributed by atoms with E-state index in [1.807, 2.05) is 6.92 Å². The number of hydrogen-bond donors (Lipinski definition) is 1. The van der Waals surface area contributed by atoms with Crippen LogP contribution in [-0.2, 0) is 20.0 Å². The van der Waals surface area contributed by atoms with Gasteiger partial charge in [-0.15, -0.1) is 0 Å². The molecule has 0 unspecified atom stereocenters. The zero-order chi connectivity index (χ0) is 20.5. The molecule has 0 amide bonds. The highest BCUT2D eigenvalue weighted by molar-refractivity contribution is 7.93. The molecule has 1 aliphatic rings. The highest BCUT2D eigenvalue weighted by Gasteiger charge is 2.28. The van der Waals surface area contributed by atoms with Crippen LogP contribution in [0, 0.1) is 13.8 Å². The van der Waals surface area contributed by atoms with Crippen molar-refractivity contribution in [3.05, 3.63) is 47.5 Å². The third-order valence-electron chi connectivity index (χ3n) is 4.52. The van der Waals surface area contributed by atoms with Gasteiger partial charge in [-0.1, -0.05) is 6.07 Å². The Morgan fingerprint density at radius 1 is 1.14 bits per heavy atom. The average molecular weight is 425 g/mol. The van der Waals surface area contributed by atoms with E-state index in [-0.39, 0.29) is 10.6 Å². The first kappa shape index (κ1) is 20.5. The normalized spacial score (nSPS) is 16.2. The second-order valence-electron chi connectivity index (χ2n) is 6.72. The van der Waals surface area contributed by atoms with Gasteiger partial charge in [0.25, 0.3) is 10.0 Å². The predicted molar refractivity (Wildman–Crippen MR) is 110 cm³/mol. The van der Waals surface area contributed by atoms with Crippen LogP contribution < -0.4 is 13.8 Å². The molecule has 3 rings (SSSR count). The third-order valence-corrected chi connectivity index (χ3v) is 7.75. The molecule has 28 heavy (non-hydrogen) atoms. The van der Waals surface area contributed by atoms with Crippen molar-refractivity contribution in [1.82, 2.24) is 0 Å². The Bertz CT molecular complexity index is 1070. The summed E-state index contributed by atoms with van der Waals surface area (Å²) in [5.41, 5.74) is 2.24. The lowest BCUT2D eigenvalue weighted by Crippen LogP contribution is -2.25. The summed E-state index contributed by atoms with van der Waals surface area (Å²) in [6.07, 6.45) is 0.559. The van der Waals surface area contributed by atoms with E-state index in [9.17, 15) is 16.8 Å². The van der Waals surface area contributed by atoms with Gasteiger partial charge in [0.2, 0.25) is 10.0 Å². The van der Waals surface area contributed by atoms with E-state index < -0.39 is 20.0 Å². The van der Waals surface area contributed by atoms with E-state index >= 15 is 0 Å². The van der Waals surface area contributed by atoms with Gasteiger partial charge in [-0.2, -0.15) is 0 Å². The lowest BCUT2D eigenvalue weighted by molar-refractivity contribution is 0.335. The van der Waals surface area contributed by atoms with Gasteiger partial charge in [0.15, 0.2) is 0 Å². The van der Waals surface area contributed by atoms with E-state index in [1.54, 1.807) is 44.2 Å². The maximum absolute atomic E-state index is 12.9. The molecule has 1 N–H and O–H groups in total. The minimum absolute atomic E-state index is 0.105. The first-order chi connectivity index (χ1) is 13.1. The van der Waals surface area contributed by atoms with Gasteiger partial charge >= 0.3 is 0 Å². The number of nitrogens with zero attached hydrogens (tertiary/aromatic N) is 1. The summed E-state index contributed by atoms with van der Waals surface area (Å²) in [4.78, 5) is 0.130. The summed E-state index contributed by atoms with van der Waals surface area (Å²) in [6, 6.07) is 9.55. The van der Waals surface area contributed by atoms with Crippen LogP contribution in [0.2, 0.25) is 0 Å². The average Bonchev–Trinajstić information content (AvgIpc) is 2.97. The Morgan fingerprint density at radius 3 is 2.39 bits per heavy atom. The van der Waals surface area contributed by atoms with Crippen LogP contribution in [0.5, 0.6) is 5.75 Å². The van der Waals surface area contributed by atoms with Crippen LogP contribution in [0.1, 0.15) is 24.5 Å². The predicted octanol–water partition coefficient (Wildman–Crippen LogP) is 3.04. The van der Waals surface area contributed by atoms with Gasteiger partial charge in [-0.05, 0) is 68.7 Å². The van der Waals surface area contributed by atoms with Crippen molar-refractivity contribution in [3.8, 4) is 5.75 Å². The first-order valence-electron chi connectivity index (χ1n) is 9.01. The van der Waals surface area contributed by atoms with E-state index in [2.05, 4.69) is 4.72 Å². The van der Waals surface area contributed by atoms with E-state index in [1.165, 1.54) is 10.4 Å². The molecular formula is C19H24N2O5S2. The SMILES string of the molecule is CCOc1c(C)cc(S(=O)(=O)Nc2cccc(N3CCCS3(=O)=O)c2)cc1C. The molecule has 1 heterocycles. The van der Waals surface area contributed by atoms with Crippen LogP contribution in [-0.4, -0.2) is 35.7 Å². The molecule has 0 aromatic heterocycles. The van der Waals surface area contributed by atoms with E-state index in [0.29, 0.717) is 36.7 Å². The number of ether oxygens (including phenoxy) is 1. The van der Waals surface area contributed by atoms with Crippen LogP contribution in [0.4, 0.5) is 11.4 Å². The van der Waals surface area contributed by atoms with Crippen molar-refractivity contribution in [2.45, 2.75) is 32.1 Å². The number of anilines is 2. The standard InChI is InChI=1S/C19H24N2O5S2/c1-4-26-19-14(2)11-18(12-15(19)3)28(24,25)20-16-7-5-8-17(13-16)21-9-6-10-27(21,22)23/h5,7-8,11-13,20H,4,6,9-10H2,1-3H3. The Labute approximate surface area is 166 Å². The fourth-order valence-electron chi connectivity index (χ4n) is 3.31. The van der Waals surface area contributed by atoms with Gasteiger partial charge in [0.05, 0.1) is 28.6 Å². The maximum Gasteiger partial charge on any atom is 0.261 e. The summed E-state index contributed by atoms with van der Waals surface area (Å²) in [7, 11) is -7.16. The molecule has 0 bridgehead atoms. The van der Waals surface area contributed by atoms with E-state index in [0.717, 1.165) is 11.1 Å². The molecule has 0 radical (unpaired) electrons. The molecule has 1 aliphatic heterocycles. The van der Waals surface area contributed by atoms with Gasteiger partial charge in [-0.3, -0.25) is 9.03 Å². The number of sulfonamides is 2. The first-order valence-corrected chi connectivity index (χ1v) is 12.1. The third kappa shape index (κ3) is 4.10. The molecular weight excluding hydrogens is 400 g/mol. The number of hydrogen-bond acceptors (Lipinski definition) is 5. The highest BCUT2D eigenvalue weighted by Crippen LogP contribution is 2.30. The molecule has 0 saturated carbocycles. The van der Waals surface area contributed by atoms with Crippen LogP contribution in [0.3, 0.4) is 0 Å². The molecule has 0 aliphatic carbocycles. The Balaban J connectivity index is 1.90. The molecule has 0 spiro atoms. The Kier molecular flexibility index (Phi) is 5.58. The van der Waals surface area contributed by atoms with Gasteiger partial charge < -0.3 is 4.74 Å². The molecule has 2 aromatic carbocycles. The molecule has 152 valence electrons. The minimum Gasteiger partial charge on any atom is -0.493 e. The topological polar surface area (TPSA) is 92.8 Å². The van der Waals surface area contributed by atoms with Crippen molar-refractivity contribution in [2.24, 2.45) is 0 Å². The van der Waals surface area contributed by atoms with Crippen molar-refractivity contribution >= 4 is 31.4 Å². The lowest BCUT2D eigenvalue weighted by Gasteiger charge is -2.18. The summed E-state index contributed by atoms with van der Waals surface area (Å²) < 4.78 is 59.4. The summed E-state index contributed by atoms with van der Waals surface area (Å²) >= 11 is 0. The minimum atomic E-state index is -3.83. The lowest BCUT2D eigenvalue weighted by atomic mass is 10.1. The van der Waals surface area contributed by atoms with Crippen LogP contribution >= 0.6 is 0 Å². The van der Waals surface area contributed by atoms with Crippen LogP contribution in [0.15, 0.2) is 41.3 Å². The van der Waals surface area contributed by atoms with Gasteiger partial charge in [0, 0.05) is 6.54 Å². The quantitative estimate of drug-likeness (QED) is 0.769. The number of aryl methyl sites for hydroxylation is 2. The van der Waals surface area contributed by atoms with E-state index in [4.69, 9.17) is 4.74 Å². The molecule has 7 nitrogen and oxygen atoms in total. The largest absolute Gasteiger partial charge is 0.493 e. The summed E-state index contributed by atoms with van der Waals surface area (Å²) in [6.45, 7) is 6.37. The van der Waals surface area contributed by atoms with Gasteiger partial charge in [-0.25, -0.2) is 16.8 Å². The second-order valence-corrected chi connectivity index (χ2v) is 10.4. The molecule has 0 atom stereocenters. The maximum atomic E-state index is 12.9. The highest BCUT2D eigenvalue weighted by atomic mass is 32.2. The zero-order valence-corrected chi connectivity index (χ0v) is 17.7. The van der Waals surface area contributed by atoms with Crippen molar-refractivity contribution in [2.75, 3.05) is 27.9 Å². The van der Waals surface area contributed by atoms with Crippen molar-refractivity contribution < 1.29 is 21.6 Å². The van der Waals surface area contributed by atoms with Crippen LogP contribution in [0.25, 0.3) is 0 Å². The molecule has 1 saturated heterocycles. The summed E-state index contributed by atoms with van der Waals surface area (Å²) in [5.74, 6) is 0.788.